The fourth-order valence-electron chi connectivity index (χ4n) is 1.89. The standard InChI is InChI=1S/C16H14ClNO4/c1-10-7-12(15(19)20)8-13(17)14(10)18-16(21)22-9-11-5-3-2-4-6-11/h2-8H,9H2,1H3,(H,18,21)(H,19,20). The van der Waals surface area contributed by atoms with Gasteiger partial charge in [-0.1, -0.05) is 41.9 Å². The Bertz CT molecular complexity index is 678. The average Bonchev–Trinajstić information content (AvgIpc) is 2.49. The maximum absolute atomic E-state index is 11.8. The minimum absolute atomic E-state index is 0.0608. The van der Waals surface area contributed by atoms with Gasteiger partial charge < -0.3 is 9.84 Å². The van der Waals surface area contributed by atoms with Gasteiger partial charge >= 0.3 is 12.1 Å². The molecular weight excluding hydrogens is 306 g/mol. The van der Waals surface area contributed by atoms with Crippen LogP contribution < -0.4 is 5.32 Å². The molecule has 0 heterocycles. The monoisotopic (exact) mass is 319 g/mol. The number of rotatable bonds is 4. The van der Waals surface area contributed by atoms with E-state index in [0.717, 1.165) is 5.56 Å². The first kappa shape index (κ1) is 15.9. The number of aromatic carboxylic acids is 1. The molecule has 0 spiro atoms. The number of carbonyl (C=O) groups excluding carboxylic acids is 1. The smallest absolute Gasteiger partial charge is 0.412 e. The Labute approximate surface area is 132 Å². The number of halogens is 1. The lowest BCUT2D eigenvalue weighted by atomic mass is 10.1. The van der Waals surface area contributed by atoms with Crippen molar-refractivity contribution in [2.45, 2.75) is 13.5 Å². The number of ether oxygens (including phenoxy) is 1. The van der Waals surface area contributed by atoms with Crippen molar-refractivity contribution in [1.29, 1.82) is 0 Å². The molecule has 0 bridgehead atoms. The lowest BCUT2D eigenvalue weighted by molar-refractivity contribution is 0.0696. The summed E-state index contributed by atoms with van der Waals surface area (Å²) in [6.07, 6.45) is -0.656. The number of hydrogen-bond acceptors (Lipinski definition) is 3. The van der Waals surface area contributed by atoms with E-state index >= 15 is 0 Å². The Morgan fingerprint density at radius 2 is 1.91 bits per heavy atom. The van der Waals surface area contributed by atoms with Crippen LogP contribution in [0.25, 0.3) is 0 Å². The maximum atomic E-state index is 11.8. The highest BCUT2D eigenvalue weighted by atomic mass is 35.5. The molecule has 0 saturated carbocycles. The first-order valence-corrected chi connectivity index (χ1v) is 6.86. The predicted molar refractivity (Wildman–Crippen MR) is 83.4 cm³/mol. The molecule has 0 aliphatic heterocycles. The molecule has 0 fully saturated rings. The normalized spacial score (nSPS) is 10.1. The molecule has 1 amide bonds. The molecule has 0 aromatic heterocycles. The van der Waals surface area contributed by atoms with Gasteiger partial charge in [-0.2, -0.15) is 0 Å². The van der Waals surface area contributed by atoms with Gasteiger partial charge in [-0.05, 0) is 30.2 Å². The van der Waals surface area contributed by atoms with Crippen molar-refractivity contribution in [3.8, 4) is 0 Å². The second-order valence-corrected chi connectivity index (χ2v) is 5.05. The van der Waals surface area contributed by atoms with Gasteiger partial charge in [0.05, 0.1) is 16.3 Å². The Kier molecular flexibility index (Phi) is 5.01. The number of amides is 1. The van der Waals surface area contributed by atoms with Crippen LogP contribution in [0.4, 0.5) is 10.5 Å². The molecule has 2 aromatic carbocycles. The van der Waals surface area contributed by atoms with Crippen molar-refractivity contribution in [3.63, 3.8) is 0 Å². The summed E-state index contributed by atoms with van der Waals surface area (Å²) in [7, 11) is 0. The number of benzene rings is 2. The SMILES string of the molecule is Cc1cc(C(=O)O)cc(Cl)c1NC(=O)OCc1ccccc1. The molecule has 0 aliphatic rings. The summed E-state index contributed by atoms with van der Waals surface area (Å²) in [5, 5.41) is 11.6. The van der Waals surface area contributed by atoms with Crippen molar-refractivity contribution in [2.24, 2.45) is 0 Å². The minimum atomic E-state index is -1.08. The van der Waals surface area contributed by atoms with Crippen LogP contribution in [0.5, 0.6) is 0 Å². The van der Waals surface area contributed by atoms with Gasteiger partial charge in [0.1, 0.15) is 6.61 Å². The maximum Gasteiger partial charge on any atom is 0.412 e. The minimum Gasteiger partial charge on any atom is -0.478 e. The zero-order chi connectivity index (χ0) is 16.1. The molecule has 114 valence electrons. The number of carboxylic acid groups (broad SMARTS) is 1. The van der Waals surface area contributed by atoms with Crippen LogP contribution in [-0.4, -0.2) is 17.2 Å². The van der Waals surface area contributed by atoms with Gasteiger partial charge in [0.25, 0.3) is 0 Å². The third kappa shape index (κ3) is 3.99. The van der Waals surface area contributed by atoms with Crippen molar-refractivity contribution in [3.05, 3.63) is 64.2 Å². The van der Waals surface area contributed by atoms with Crippen molar-refractivity contribution < 1.29 is 19.4 Å². The van der Waals surface area contributed by atoms with Gasteiger partial charge in [0.2, 0.25) is 0 Å². The van der Waals surface area contributed by atoms with Gasteiger partial charge in [-0.15, -0.1) is 0 Å². The molecule has 2 N–H and O–H groups in total. The topological polar surface area (TPSA) is 75.6 Å². The molecule has 5 nitrogen and oxygen atoms in total. The Morgan fingerprint density at radius 1 is 1.23 bits per heavy atom. The summed E-state index contributed by atoms with van der Waals surface area (Å²) in [5.74, 6) is -1.08. The highest BCUT2D eigenvalue weighted by Gasteiger charge is 2.13. The van der Waals surface area contributed by atoms with Crippen LogP contribution in [0.15, 0.2) is 42.5 Å². The zero-order valence-corrected chi connectivity index (χ0v) is 12.6. The van der Waals surface area contributed by atoms with E-state index in [1.54, 1.807) is 6.92 Å². The van der Waals surface area contributed by atoms with E-state index in [2.05, 4.69) is 5.32 Å². The number of carboxylic acids is 1. The molecule has 0 aliphatic carbocycles. The number of carbonyl (C=O) groups is 2. The van der Waals surface area contributed by atoms with Crippen molar-refractivity contribution in [1.82, 2.24) is 0 Å². The third-order valence-corrected chi connectivity index (χ3v) is 3.27. The predicted octanol–water partition coefficient (Wildman–Crippen LogP) is 4.10. The summed E-state index contributed by atoms with van der Waals surface area (Å²) in [4.78, 5) is 22.7. The van der Waals surface area contributed by atoms with E-state index in [9.17, 15) is 9.59 Å². The fourth-order valence-corrected chi connectivity index (χ4v) is 2.20. The van der Waals surface area contributed by atoms with E-state index in [0.29, 0.717) is 11.3 Å². The van der Waals surface area contributed by atoms with Crippen LogP contribution in [0.2, 0.25) is 5.02 Å². The van der Waals surface area contributed by atoms with E-state index in [1.165, 1.54) is 12.1 Å². The van der Waals surface area contributed by atoms with Crippen molar-refractivity contribution in [2.75, 3.05) is 5.32 Å². The van der Waals surface area contributed by atoms with Gasteiger partial charge in [-0.25, -0.2) is 9.59 Å². The molecule has 0 atom stereocenters. The van der Waals surface area contributed by atoms with Crippen LogP contribution in [0.1, 0.15) is 21.5 Å². The second-order valence-electron chi connectivity index (χ2n) is 4.64. The molecule has 22 heavy (non-hydrogen) atoms. The molecule has 2 aromatic rings. The van der Waals surface area contributed by atoms with E-state index in [4.69, 9.17) is 21.4 Å². The molecule has 6 heteroatoms. The Morgan fingerprint density at radius 3 is 2.50 bits per heavy atom. The quantitative estimate of drug-likeness (QED) is 0.889. The number of aryl methyl sites for hydroxylation is 1. The molecule has 0 radical (unpaired) electrons. The highest BCUT2D eigenvalue weighted by Crippen LogP contribution is 2.27. The second kappa shape index (κ2) is 6.95. The third-order valence-electron chi connectivity index (χ3n) is 2.97. The fraction of sp³-hybridized carbons (Fsp3) is 0.125. The lowest BCUT2D eigenvalue weighted by Gasteiger charge is -2.12. The zero-order valence-electron chi connectivity index (χ0n) is 11.8. The summed E-state index contributed by atoms with van der Waals surface area (Å²) >= 11 is 6.01. The first-order valence-electron chi connectivity index (χ1n) is 6.48. The number of nitrogens with one attached hydrogen (secondary N) is 1. The lowest BCUT2D eigenvalue weighted by Crippen LogP contribution is -2.15. The van der Waals surface area contributed by atoms with Crippen LogP contribution >= 0.6 is 11.6 Å². The highest BCUT2D eigenvalue weighted by molar-refractivity contribution is 6.34. The largest absolute Gasteiger partial charge is 0.478 e. The average molecular weight is 320 g/mol. The number of anilines is 1. The van der Waals surface area contributed by atoms with Gasteiger partial charge in [-0.3, -0.25) is 5.32 Å². The summed E-state index contributed by atoms with van der Waals surface area (Å²) in [5.41, 5.74) is 1.80. The van der Waals surface area contributed by atoms with Crippen LogP contribution in [0, 0.1) is 6.92 Å². The summed E-state index contributed by atoms with van der Waals surface area (Å²) in [6, 6.07) is 12.0. The van der Waals surface area contributed by atoms with E-state index in [-0.39, 0.29) is 17.2 Å². The molecule has 2 rings (SSSR count). The van der Waals surface area contributed by atoms with E-state index in [1.807, 2.05) is 30.3 Å². The van der Waals surface area contributed by atoms with E-state index < -0.39 is 12.1 Å². The Balaban J connectivity index is 2.04. The molecular formula is C16H14ClNO4. The molecule has 0 unspecified atom stereocenters. The summed E-state index contributed by atoms with van der Waals surface area (Å²) < 4.78 is 5.09. The van der Waals surface area contributed by atoms with Crippen molar-refractivity contribution >= 4 is 29.4 Å². The summed E-state index contributed by atoms with van der Waals surface area (Å²) in [6.45, 7) is 1.79. The Hall–Kier alpha value is -2.53. The van der Waals surface area contributed by atoms with Crippen LogP contribution in [-0.2, 0) is 11.3 Å². The molecule has 0 saturated heterocycles. The van der Waals surface area contributed by atoms with Crippen LogP contribution in [0.3, 0.4) is 0 Å². The van der Waals surface area contributed by atoms with Gasteiger partial charge in [0, 0.05) is 0 Å². The number of hydrogen-bond donors (Lipinski definition) is 2. The van der Waals surface area contributed by atoms with Gasteiger partial charge in [0.15, 0.2) is 0 Å². The first-order chi connectivity index (χ1) is 10.5.